The maximum atomic E-state index is 12.7. The molecule has 0 heterocycles. The molecule has 3 amide bonds. The number of thioether (sulfide) groups is 1. The summed E-state index contributed by atoms with van der Waals surface area (Å²) >= 11 is 1.50. The van der Waals surface area contributed by atoms with Crippen LogP contribution in [0.4, 0.5) is 0 Å². The third-order valence-corrected chi connectivity index (χ3v) is 4.89. The lowest BCUT2D eigenvalue weighted by molar-refractivity contribution is -0.138. The summed E-state index contributed by atoms with van der Waals surface area (Å²) in [6.07, 6.45) is 2.92. The van der Waals surface area contributed by atoms with Crippen molar-refractivity contribution >= 4 is 41.4 Å². The third-order valence-electron chi connectivity index (χ3n) is 4.24. The van der Waals surface area contributed by atoms with E-state index in [0.717, 1.165) is 0 Å². The number of aliphatic carboxylic acids is 2. The highest BCUT2D eigenvalue weighted by Crippen LogP contribution is 2.06. The molecule has 0 aliphatic heterocycles. The molecule has 0 aromatic heterocycles. The highest BCUT2D eigenvalue weighted by Gasteiger charge is 2.28. The van der Waals surface area contributed by atoms with E-state index in [0.29, 0.717) is 31.6 Å². The maximum Gasteiger partial charge on any atom is 0.322 e. The first-order valence-electron chi connectivity index (χ1n) is 9.89. The van der Waals surface area contributed by atoms with Crippen molar-refractivity contribution < 1.29 is 34.2 Å². The Kier molecular flexibility index (Phi) is 15.1. The molecule has 0 spiro atoms. The van der Waals surface area contributed by atoms with Gasteiger partial charge >= 0.3 is 11.9 Å². The van der Waals surface area contributed by atoms with Crippen LogP contribution in [0.15, 0.2) is 0 Å². The normalized spacial score (nSPS) is 13.5. The maximum absolute atomic E-state index is 12.7. The molecule has 3 unspecified atom stereocenters. The number of carboxylic acid groups (broad SMARTS) is 2. The number of hydrogen-bond donors (Lipinski definition) is 7. The first kappa shape index (κ1) is 28.6. The summed E-state index contributed by atoms with van der Waals surface area (Å²) in [5.74, 6) is -3.83. The molecule has 0 aliphatic carbocycles. The van der Waals surface area contributed by atoms with Crippen LogP contribution in [0.5, 0.6) is 0 Å². The van der Waals surface area contributed by atoms with Gasteiger partial charge in [-0.2, -0.15) is 11.8 Å². The number of amides is 3. The van der Waals surface area contributed by atoms with Gasteiger partial charge in [0.2, 0.25) is 17.7 Å². The molecule has 0 bridgehead atoms. The van der Waals surface area contributed by atoms with Gasteiger partial charge in [-0.05, 0) is 50.7 Å². The number of hydrogen-bond acceptors (Lipinski definition) is 8. The molecule has 0 radical (unpaired) electrons. The van der Waals surface area contributed by atoms with Crippen molar-refractivity contribution in [1.29, 1.82) is 0 Å². The summed E-state index contributed by atoms with van der Waals surface area (Å²) in [7, 11) is 0. The van der Waals surface area contributed by atoms with E-state index in [1.807, 2.05) is 6.26 Å². The van der Waals surface area contributed by atoms with Crippen LogP contribution in [0.25, 0.3) is 0 Å². The predicted molar refractivity (Wildman–Crippen MR) is 115 cm³/mol. The molecule has 12 nitrogen and oxygen atoms in total. The number of nitrogens with one attached hydrogen (secondary N) is 3. The topological polar surface area (TPSA) is 214 Å². The summed E-state index contributed by atoms with van der Waals surface area (Å²) in [6.45, 7) is -0.242. The number of unbranched alkanes of at least 4 members (excludes halogenated alkanes) is 1. The number of carbonyl (C=O) groups is 5. The minimum Gasteiger partial charge on any atom is -0.481 e. The van der Waals surface area contributed by atoms with Gasteiger partial charge in [-0.25, -0.2) is 0 Å². The second-order valence-corrected chi connectivity index (χ2v) is 7.82. The standard InChI is InChI=1S/C18H33N5O7S/c1-31-9-7-11(20)16(28)22-13(5-6-14(24)25)18(30)23-12(4-2-3-8-19)17(29)21-10-15(26)27/h11-13H,2-10,19-20H2,1H3,(H,21,29)(H,22,28)(H,23,30)(H,24,25)(H,26,27). The zero-order valence-electron chi connectivity index (χ0n) is 17.6. The molecule has 0 aliphatic rings. The Morgan fingerprint density at radius 3 is 2.03 bits per heavy atom. The molecule has 0 fully saturated rings. The molecule has 0 saturated heterocycles. The third kappa shape index (κ3) is 13.5. The minimum absolute atomic E-state index is 0.196. The molecular formula is C18H33N5O7S. The molecule has 0 saturated carbocycles. The van der Waals surface area contributed by atoms with E-state index >= 15 is 0 Å². The van der Waals surface area contributed by atoms with Gasteiger partial charge in [0.05, 0.1) is 6.04 Å². The summed E-state index contributed by atoms with van der Waals surface area (Å²) in [5.41, 5.74) is 11.2. The van der Waals surface area contributed by atoms with Gasteiger partial charge in [-0.3, -0.25) is 24.0 Å². The van der Waals surface area contributed by atoms with Gasteiger partial charge in [0.15, 0.2) is 0 Å². The Morgan fingerprint density at radius 2 is 1.48 bits per heavy atom. The molecule has 0 rings (SSSR count). The van der Waals surface area contributed by atoms with Crippen molar-refractivity contribution in [2.45, 2.75) is 56.7 Å². The number of carbonyl (C=O) groups excluding carboxylic acids is 3. The SMILES string of the molecule is CSCCC(N)C(=O)NC(CCC(=O)O)C(=O)NC(CCCCN)C(=O)NCC(=O)O. The van der Waals surface area contributed by atoms with Crippen molar-refractivity contribution in [3.05, 3.63) is 0 Å². The lowest BCUT2D eigenvalue weighted by Crippen LogP contribution is -2.56. The molecule has 0 aromatic carbocycles. The molecule has 3 atom stereocenters. The Labute approximate surface area is 185 Å². The molecule has 9 N–H and O–H groups in total. The number of carboxylic acids is 2. The van der Waals surface area contributed by atoms with Crippen molar-refractivity contribution in [3.8, 4) is 0 Å². The van der Waals surface area contributed by atoms with E-state index in [2.05, 4.69) is 16.0 Å². The van der Waals surface area contributed by atoms with E-state index in [1.54, 1.807) is 0 Å². The van der Waals surface area contributed by atoms with E-state index < -0.39 is 54.3 Å². The Hall–Kier alpha value is -2.38. The average Bonchev–Trinajstić information content (AvgIpc) is 2.71. The Bertz CT molecular complexity index is 620. The quantitative estimate of drug-likeness (QED) is 0.120. The fraction of sp³-hybridized carbons (Fsp3) is 0.722. The van der Waals surface area contributed by atoms with E-state index in [-0.39, 0.29) is 19.3 Å². The van der Waals surface area contributed by atoms with Crippen molar-refractivity contribution in [2.75, 3.05) is 25.1 Å². The van der Waals surface area contributed by atoms with Gasteiger partial charge in [0.1, 0.15) is 18.6 Å². The lowest BCUT2D eigenvalue weighted by atomic mass is 10.1. The van der Waals surface area contributed by atoms with Crippen LogP contribution in [-0.2, 0) is 24.0 Å². The van der Waals surface area contributed by atoms with Gasteiger partial charge in [0, 0.05) is 6.42 Å². The predicted octanol–water partition coefficient (Wildman–Crippen LogP) is -1.77. The molecule has 0 aromatic rings. The molecule has 13 heteroatoms. The van der Waals surface area contributed by atoms with Gasteiger partial charge < -0.3 is 37.6 Å². The van der Waals surface area contributed by atoms with Crippen molar-refractivity contribution in [1.82, 2.24) is 16.0 Å². The molecule has 178 valence electrons. The zero-order valence-corrected chi connectivity index (χ0v) is 18.4. The van der Waals surface area contributed by atoms with E-state index in [9.17, 15) is 24.0 Å². The van der Waals surface area contributed by atoms with Crippen LogP contribution in [-0.4, -0.2) is 83.1 Å². The van der Waals surface area contributed by atoms with Crippen molar-refractivity contribution in [2.24, 2.45) is 11.5 Å². The minimum atomic E-state index is -1.24. The van der Waals surface area contributed by atoms with Crippen LogP contribution < -0.4 is 27.4 Å². The largest absolute Gasteiger partial charge is 0.481 e. The monoisotopic (exact) mass is 463 g/mol. The van der Waals surface area contributed by atoms with Crippen molar-refractivity contribution in [3.63, 3.8) is 0 Å². The highest BCUT2D eigenvalue weighted by atomic mass is 32.2. The van der Waals surface area contributed by atoms with Gasteiger partial charge in [-0.1, -0.05) is 0 Å². The number of nitrogens with two attached hydrogens (primary N) is 2. The summed E-state index contributed by atoms with van der Waals surface area (Å²) in [4.78, 5) is 58.9. The smallest absolute Gasteiger partial charge is 0.322 e. The van der Waals surface area contributed by atoms with Crippen LogP contribution in [0, 0.1) is 0 Å². The summed E-state index contributed by atoms with van der Waals surface area (Å²) in [6, 6.07) is -3.15. The zero-order chi connectivity index (χ0) is 23.8. The first-order chi connectivity index (χ1) is 14.6. The molecular weight excluding hydrogens is 430 g/mol. The fourth-order valence-corrected chi connectivity index (χ4v) is 3.00. The second kappa shape index (κ2) is 16.3. The van der Waals surface area contributed by atoms with Gasteiger partial charge in [0.25, 0.3) is 0 Å². The summed E-state index contributed by atoms with van der Waals surface area (Å²) in [5, 5.41) is 24.8. The Morgan fingerprint density at radius 1 is 0.871 bits per heavy atom. The van der Waals surface area contributed by atoms with Crippen LogP contribution in [0.1, 0.15) is 38.5 Å². The van der Waals surface area contributed by atoms with Crippen LogP contribution in [0.3, 0.4) is 0 Å². The summed E-state index contributed by atoms with van der Waals surface area (Å²) < 4.78 is 0. The first-order valence-corrected chi connectivity index (χ1v) is 11.3. The highest BCUT2D eigenvalue weighted by molar-refractivity contribution is 7.98. The lowest BCUT2D eigenvalue weighted by Gasteiger charge is -2.24. The van der Waals surface area contributed by atoms with Crippen LogP contribution in [0.2, 0.25) is 0 Å². The van der Waals surface area contributed by atoms with E-state index in [4.69, 9.17) is 21.7 Å². The number of rotatable bonds is 17. The Balaban J connectivity index is 5.24. The average molecular weight is 464 g/mol. The van der Waals surface area contributed by atoms with Crippen LogP contribution >= 0.6 is 11.8 Å². The second-order valence-electron chi connectivity index (χ2n) is 6.84. The molecule has 31 heavy (non-hydrogen) atoms. The fourth-order valence-electron chi connectivity index (χ4n) is 2.51. The van der Waals surface area contributed by atoms with E-state index in [1.165, 1.54) is 11.8 Å². The van der Waals surface area contributed by atoms with Gasteiger partial charge in [-0.15, -0.1) is 0 Å².